The minimum absolute atomic E-state index is 0.573. The van der Waals surface area contributed by atoms with E-state index in [-0.39, 0.29) is 0 Å². The van der Waals surface area contributed by atoms with E-state index in [4.69, 9.17) is 0 Å². The summed E-state index contributed by atoms with van der Waals surface area (Å²) in [5.74, 6) is 0. The number of nitrogens with one attached hydrogen (secondary N) is 2. The molecule has 0 saturated carbocycles. The van der Waals surface area contributed by atoms with E-state index in [1.165, 1.54) is 4.21 Å². The van der Waals surface area contributed by atoms with Crippen LogP contribution in [0.5, 0.6) is 0 Å². The van der Waals surface area contributed by atoms with Crippen LogP contribution in [0.3, 0.4) is 0 Å². The predicted molar refractivity (Wildman–Crippen MR) is 21.2 cm³/mol. The molecule has 1 aliphatic rings. The number of hydrogen-bond donors (Lipinski definition) is 2. The van der Waals surface area contributed by atoms with E-state index in [1.54, 1.807) is 0 Å². The molecular weight excluding hydrogens is 100 g/mol. The highest BCUT2D eigenvalue weighted by atomic mass is 32.1. The van der Waals surface area contributed by atoms with Gasteiger partial charge in [-0.3, -0.25) is 0 Å². The van der Waals surface area contributed by atoms with Gasteiger partial charge in [-0.1, -0.05) is 4.21 Å². The molecule has 4 nitrogen and oxygen atoms in total. The molecule has 1 heterocycles. The van der Waals surface area contributed by atoms with Crippen LogP contribution >= 0.6 is 0 Å². The van der Waals surface area contributed by atoms with E-state index in [1.807, 2.05) is 0 Å². The molecule has 34 valence electrons. The highest BCUT2D eigenvalue weighted by molar-refractivity contribution is 7.51. The average molecular weight is 104 g/mol. The Morgan fingerprint density at radius 2 is 2.67 bits per heavy atom. The lowest BCUT2D eigenvalue weighted by Crippen LogP contribution is -2.29. The zero-order valence-corrected chi connectivity index (χ0v) is 3.83. The van der Waals surface area contributed by atoms with Gasteiger partial charge in [0.1, 0.15) is 0 Å². The topological polar surface area (TPSA) is 39.4 Å². The third kappa shape index (κ3) is 0.550. The lowest BCUT2D eigenvalue weighted by Gasteiger charge is -1.88. The Morgan fingerprint density at radius 3 is 2.83 bits per heavy atom. The first-order chi connectivity index (χ1) is 2.89. The van der Waals surface area contributed by atoms with Gasteiger partial charge >= 0.3 is 0 Å². The first kappa shape index (κ1) is 3.76. The Hall–Kier alpha value is -0.420. The molecule has 0 amide bonds. The fourth-order valence-corrected chi connectivity index (χ4v) is 0.360. The van der Waals surface area contributed by atoms with Crippen LogP contribution in [0.1, 0.15) is 0 Å². The molecule has 1 aliphatic heterocycles. The van der Waals surface area contributed by atoms with Crippen molar-refractivity contribution in [2.75, 3.05) is 6.67 Å². The van der Waals surface area contributed by atoms with Gasteiger partial charge in [0.2, 0.25) is 0 Å². The molecule has 0 bridgehead atoms. The van der Waals surface area contributed by atoms with Crippen molar-refractivity contribution >= 4 is 12.8 Å². The van der Waals surface area contributed by atoms with Gasteiger partial charge in [0.15, 0.2) is 6.67 Å². The van der Waals surface area contributed by atoms with Crippen molar-refractivity contribution in [1.82, 2.24) is 11.0 Å². The minimum atomic E-state index is 0.573. The smallest absolute Gasteiger partial charge is 0.174 e. The summed E-state index contributed by atoms with van der Waals surface area (Å²) in [5, 5.41) is 3.66. The first-order valence-corrected chi connectivity index (χ1v) is 1.89. The highest BCUT2D eigenvalue weighted by Gasteiger charge is 1.94. The predicted octanol–water partition coefficient (Wildman–Crippen LogP) is -1.11. The van der Waals surface area contributed by atoms with Crippen molar-refractivity contribution in [3.05, 3.63) is 0 Å². The summed E-state index contributed by atoms with van der Waals surface area (Å²) in [6.45, 7) is 0.573. The lowest BCUT2D eigenvalue weighted by atomic mass is 11.2. The average Bonchev–Trinajstić information content (AvgIpc) is 1.86. The number of rotatable bonds is 0. The van der Waals surface area contributed by atoms with Gasteiger partial charge in [-0.2, -0.15) is 5.43 Å². The SMILES string of the molecule is [S-][N+]1=NCNN1. The molecule has 2 N–H and O–H groups in total. The summed E-state index contributed by atoms with van der Waals surface area (Å²) in [6, 6.07) is 0. The van der Waals surface area contributed by atoms with Gasteiger partial charge in [-0.05, 0) is 5.11 Å². The van der Waals surface area contributed by atoms with E-state index in [9.17, 15) is 0 Å². The summed E-state index contributed by atoms with van der Waals surface area (Å²) in [5.41, 5.74) is 5.23. The molecule has 0 aromatic carbocycles. The maximum atomic E-state index is 4.50. The summed E-state index contributed by atoms with van der Waals surface area (Å²) in [7, 11) is 0. The van der Waals surface area contributed by atoms with Gasteiger partial charge in [0.05, 0.1) is 0 Å². The molecule has 1 rings (SSSR count). The Morgan fingerprint density at radius 1 is 1.83 bits per heavy atom. The molecule has 0 saturated heterocycles. The quantitative estimate of drug-likeness (QED) is 0.302. The highest BCUT2D eigenvalue weighted by Crippen LogP contribution is 1.70. The second-order valence-electron chi connectivity index (χ2n) is 0.861. The number of hydrazine groups is 2. The minimum Gasteiger partial charge on any atom is -0.360 e. The van der Waals surface area contributed by atoms with Gasteiger partial charge < -0.3 is 12.8 Å². The van der Waals surface area contributed by atoms with Gasteiger partial charge in [-0.25, -0.2) is 0 Å². The van der Waals surface area contributed by atoms with Crippen LogP contribution in [0.4, 0.5) is 0 Å². The lowest BCUT2D eigenvalue weighted by molar-refractivity contribution is -0.480. The fourth-order valence-electron chi connectivity index (χ4n) is 0.238. The molecule has 0 spiro atoms. The monoisotopic (exact) mass is 104 g/mol. The van der Waals surface area contributed by atoms with Crippen molar-refractivity contribution in [2.24, 2.45) is 5.11 Å². The van der Waals surface area contributed by atoms with Crippen LogP contribution in [0, 0.1) is 0 Å². The van der Waals surface area contributed by atoms with E-state index in [0.717, 1.165) is 0 Å². The van der Waals surface area contributed by atoms with Crippen molar-refractivity contribution in [2.45, 2.75) is 0 Å². The Bertz CT molecular complexity index is 77.6. The largest absolute Gasteiger partial charge is 0.360 e. The van der Waals surface area contributed by atoms with Crippen LogP contribution in [0.15, 0.2) is 5.11 Å². The molecule has 0 fully saturated rings. The molecule has 0 aliphatic carbocycles. The molecular formula is CH4N4S. The fraction of sp³-hybridized carbons (Fsp3) is 1.00. The van der Waals surface area contributed by atoms with Crippen molar-refractivity contribution < 1.29 is 4.21 Å². The Kier molecular flexibility index (Phi) is 0.849. The van der Waals surface area contributed by atoms with Gasteiger partial charge in [0, 0.05) is 0 Å². The van der Waals surface area contributed by atoms with Crippen LogP contribution in [-0.2, 0) is 12.8 Å². The van der Waals surface area contributed by atoms with Gasteiger partial charge in [0.25, 0.3) is 0 Å². The van der Waals surface area contributed by atoms with Crippen LogP contribution < -0.4 is 11.0 Å². The van der Waals surface area contributed by atoms with E-state index >= 15 is 0 Å². The zero-order valence-electron chi connectivity index (χ0n) is 3.01. The number of nitrogens with zero attached hydrogens (tertiary/aromatic N) is 2. The van der Waals surface area contributed by atoms with Crippen molar-refractivity contribution in [3.8, 4) is 0 Å². The standard InChI is InChI=1S/CH4N4S/c6-5-3-1-2-4-5/h2H,1H2,(H,3,4). The van der Waals surface area contributed by atoms with Crippen LogP contribution in [0.2, 0.25) is 0 Å². The Labute approximate surface area is 40.7 Å². The van der Waals surface area contributed by atoms with Crippen molar-refractivity contribution in [3.63, 3.8) is 0 Å². The molecule has 0 unspecified atom stereocenters. The van der Waals surface area contributed by atoms with Crippen molar-refractivity contribution in [1.29, 1.82) is 0 Å². The van der Waals surface area contributed by atoms with Crippen LogP contribution in [0.25, 0.3) is 0 Å². The Balaban J connectivity index is 2.45. The zero-order chi connectivity index (χ0) is 4.41. The molecule has 0 aromatic rings. The second kappa shape index (κ2) is 1.36. The van der Waals surface area contributed by atoms with Crippen LogP contribution in [-0.4, -0.2) is 10.9 Å². The van der Waals surface area contributed by atoms with E-state index in [2.05, 4.69) is 28.9 Å². The first-order valence-electron chi connectivity index (χ1n) is 1.53. The summed E-state index contributed by atoms with van der Waals surface area (Å²) < 4.78 is 1.21. The summed E-state index contributed by atoms with van der Waals surface area (Å²) in [6.07, 6.45) is 0. The van der Waals surface area contributed by atoms with Gasteiger partial charge in [-0.15, -0.1) is 5.53 Å². The summed E-state index contributed by atoms with van der Waals surface area (Å²) in [4.78, 5) is 0. The van der Waals surface area contributed by atoms with E-state index < -0.39 is 0 Å². The summed E-state index contributed by atoms with van der Waals surface area (Å²) >= 11 is 4.50. The second-order valence-corrected chi connectivity index (χ2v) is 1.21. The molecule has 6 heavy (non-hydrogen) atoms. The molecule has 5 heteroatoms. The molecule has 0 radical (unpaired) electrons. The normalized spacial score (nSPS) is 19.7. The molecule has 0 atom stereocenters. The molecule has 0 aromatic heterocycles. The third-order valence-corrected chi connectivity index (χ3v) is 0.660. The number of hydrogen-bond acceptors (Lipinski definition) is 4. The maximum Gasteiger partial charge on any atom is 0.174 e. The van der Waals surface area contributed by atoms with E-state index in [0.29, 0.717) is 6.67 Å². The maximum absolute atomic E-state index is 4.50. The third-order valence-electron chi connectivity index (χ3n) is 0.453.